The van der Waals surface area contributed by atoms with Crippen LogP contribution in [-0.2, 0) is 5.41 Å². The number of nitrogens with two attached hydrogens (primary N) is 1. The highest BCUT2D eigenvalue weighted by atomic mass is 16.5. The van der Waals surface area contributed by atoms with Crippen LogP contribution in [0.15, 0.2) is 4.52 Å². The van der Waals surface area contributed by atoms with E-state index in [4.69, 9.17) is 10.3 Å². The molecule has 1 aromatic heterocycles. The van der Waals surface area contributed by atoms with E-state index in [1.165, 1.54) is 0 Å². The smallest absolute Gasteiger partial charge is 0.266 e. The largest absolute Gasteiger partial charge is 0.337 e. The van der Waals surface area contributed by atoms with Crippen molar-refractivity contribution in [1.82, 2.24) is 15.0 Å². The molecule has 0 radical (unpaired) electrons. The minimum atomic E-state index is -0.00215. The summed E-state index contributed by atoms with van der Waals surface area (Å²) in [5.74, 6) is 1.46. The van der Waals surface area contributed by atoms with Crippen molar-refractivity contribution in [2.24, 2.45) is 5.73 Å². The van der Waals surface area contributed by atoms with Gasteiger partial charge in [-0.15, -0.1) is 0 Å². The van der Waals surface area contributed by atoms with E-state index in [-0.39, 0.29) is 5.41 Å². The lowest BCUT2D eigenvalue weighted by molar-refractivity contribution is 0.307. The van der Waals surface area contributed by atoms with E-state index in [0.717, 1.165) is 50.9 Å². The topological polar surface area (TPSA) is 71.4 Å². The molecule has 6 heteroatoms. The third-order valence-electron chi connectivity index (χ3n) is 3.90. The standard InChI is InChI=1S/C11H19N5O/c1-15-4-6-16(7-5-15)10-13-9(17-14-10)11(8-12)2-3-11/h2-8,12H2,1H3. The van der Waals surface area contributed by atoms with Crippen LogP contribution in [0.1, 0.15) is 18.7 Å². The molecule has 0 spiro atoms. The number of anilines is 1. The second kappa shape index (κ2) is 3.96. The Kier molecular flexibility index (Phi) is 2.56. The molecule has 0 atom stereocenters. The maximum atomic E-state index is 5.76. The molecule has 0 unspecified atom stereocenters. The Hall–Kier alpha value is -1.14. The van der Waals surface area contributed by atoms with Crippen molar-refractivity contribution in [2.45, 2.75) is 18.3 Å². The first kappa shape index (κ1) is 11.0. The van der Waals surface area contributed by atoms with Crippen LogP contribution in [0.4, 0.5) is 5.95 Å². The molecule has 1 aromatic rings. The van der Waals surface area contributed by atoms with Gasteiger partial charge in [0.2, 0.25) is 5.89 Å². The number of likely N-dealkylation sites (N-methyl/N-ethyl adjacent to an activating group) is 1. The molecule has 0 bridgehead atoms. The Bertz CT molecular complexity index is 392. The van der Waals surface area contributed by atoms with Gasteiger partial charge in [-0.3, -0.25) is 0 Å². The zero-order chi connectivity index (χ0) is 11.9. The average Bonchev–Trinajstić information content (AvgIpc) is 3.00. The van der Waals surface area contributed by atoms with Crippen molar-refractivity contribution < 1.29 is 4.52 Å². The Morgan fingerprint density at radius 3 is 2.59 bits per heavy atom. The number of piperazine rings is 1. The average molecular weight is 237 g/mol. The molecule has 2 aliphatic rings. The SMILES string of the molecule is CN1CCN(c2noc(C3(CN)CC3)n2)CC1. The van der Waals surface area contributed by atoms with Crippen LogP contribution >= 0.6 is 0 Å². The van der Waals surface area contributed by atoms with E-state index < -0.39 is 0 Å². The Morgan fingerprint density at radius 2 is 2.00 bits per heavy atom. The molecule has 1 aliphatic heterocycles. The van der Waals surface area contributed by atoms with Crippen molar-refractivity contribution in [3.05, 3.63) is 5.89 Å². The third-order valence-corrected chi connectivity index (χ3v) is 3.90. The number of aromatic nitrogens is 2. The van der Waals surface area contributed by atoms with E-state index in [2.05, 4.69) is 27.0 Å². The monoisotopic (exact) mass is 237 g/mol. The Morgan fingerprint density at radius 1 is 1.29 bits per heavy atom. The fraction of sp³-hybridized carbons (Fsp3) is 0.818. The maximum Gasteiger partial charge on any atom is 0.266 e. The fourth-order valence-corrected chi connectivity index (χ4v) is 2.22. The van der Waals surface area contributed by atoms with Crippen LogP contribution < -0.4 is 10.6 Å². The summed E-state index contributed by atoms with van der Waals surface area (Å²) >= 11 is 0. The van der Waals surface area contributed by atoms with Gasteiger partial charge in [0, 0.05) is 32.7 Å². The van der Waals surface area contributed by atoms with Crippen molar-refractivity contribution >= 4 is 5.95 Å². The Balaban J connectivity index is 1.72. The molecular weight excluding hydrogens is 218 g/mol. The minimum Gasteiger partial charge on any atom is -0.337 e. The number of rotatable bonds is 3. The van der Waals surface area contributed by atoms with Gasteiger partial charge in [-0.25, -0.2) is 0 Å². The summed E-state index contributed by atoms with van der Waals surface area (Å²) in [6.45, 7) is 4.63. The summed E-state index contributed by atoms with van der Waals surface area (Å²) in [7, 11) is 2.13. The van der Waals surface area contributed by atoms with E-state index >= 15 is 0 Å². The summed E-state index contributed by atoms with van der Waals surface area (Å²) in [5, 5.41) is 4.08. The molecule has 1 saturated heterocycles. The molecule has 2 heterocycles. The van der Waals surface area contributed by atoms with Gasteiger partial charge < -0.3 is 20.1 Å². The third kappa shape index (κ3) is 1.91. The van der Waals surface area contributed by atoms with Crippen molar-refractivity contribution in [1.29, 1.82) is 0 Å². The van der Waals surface area contributed by atoms with Crippen LogP contribution in [0.5, 0.6) is 0 Å². The van der Waals surface area contributed by atoms with E-state index in [1.807, 2.05) is 0 Å². The molecular formula is C11H19N5O. The van der Waals surface area contributed by atoms with Crippen LogP contribution in [0, 0.1) is 0 Å². The van der Waals surface area contributed by atoms with E-state index in [1.54, 1.807) is 0 Å². The first-order valence-corrected chi connectivity index (χ1v) is 6.21. The van der Waals surface area contributed by atoms with E-state index in [0.29, 0.717) is 6.54 Å². The van der Waals surface area contributed by atoms with Gasteiger partial charge in [0.05, 0.1) is 5.41 Å². The van der Waals surface area contributed by atoms with Crippen molar-refractivity contribution in [2.75, 3.05) is 44.7 Å². The fourth-order valence-electron chi connectivity index (χ4n) is 2.22. The molecule has 0 amide bonds. The molecule has 1 saturated carbocycles. The second-order valence-electron chi connectivity index (χ2n) is 5.17. The van der Waals surface area contributed by atoms with E-state index in [9.17, 15) is 0 Å². The van der Waals surface area contributed by atoms with Gasteiger partial charge in [0.1, 0.15) is 0 Å². The van der Waals surface area contributed by atoms with Crippen molar-refractivity contribution in [3.63, 3.8) is 0 Å². The van der Waals surface area contributed by atoms with Crippen LogP contribution in [0.3, 0.4) is 0 Å². The maximum absolute atomic E-state index is 5.76. The zero-order valence-electron chi connectivity index (χ0n) is 10.2. The van der Waals surface area contributed by atoms with Gasteiger partial charge in [-0.05, 0) is 25.0 Å². The molecule has 3 rings (SSSR count). The summed E-state index contributed by atoms with van der Waals surface area (Å²) in [4.78, 5) is 9.00. The van der Waals surface area contributed by atoms with Crippen molar-refractivity contribution in [3.8, 4) is 0 Å². The summed E-state index contributed by atoms with van der Waals surface area (Å²) in [6.07, 6.45) is 2.15. The molecule has 2 N–H and O–H groups in total. The molecule has 0 aromatic carbocycles. The zero-order valence-corrected chi connectivity index (χ0v) is 10.2. The molecule has 17 heavy (non-hydrogen) atoms. The normalized spacial score (nSPS) is 24.0. The van der Waals surface area contributed by atoms with Gasteiger partial charge in [-0.1, -0.05) is 0 Å². The second-order valence-corrected chi connectivity index (χ2v) is 5.17. The minimum absolute atomic E-state index is 0.00215. The number of nitrogens with zero attached hydrogens (tertiary/aromatic N) is 4. The molecule has 94 valence electrons. The Labute approximate surface area is 101 Å². The summed E-state index contributed by atoms with van der Waals surface area (Å²) < 4.78 is 5.37. The highest BCUT2D eigenvalue weighted by Gasteiger charge is 2.48. The predicted molar refractivity (Wildman–Crippen MR) is 64.0 cm³/mol. The lowest BCUT2D eigenvalue weighted by atomic mass is 10.1. The van der Waals surface area contributed by atoms with Crippen LogP contribution in [0.25, 0.3) is 0 Å². The first-order chi connectivity index (χ1) is 8.23. The summed E-state index contributed by atoms with van der Waals surface area (Å²) in [5.41, 5.74) is 5.76. The van der Waals surface area contributed by atoms with Gasteiger partial charge >= 0.3 is 0 Å². The highest BCUT2D eigenvalue weighted by Crippen LogP contribution is 2.46. The summed E-state index contributed by atoms with van der Waals surface area (Å²) in [6, 6.07) is 0. The lowest BCUT2D eigenvalue weighted by Gasteiger charge is -2.31. The molecule has 6 nitrogen and oxygen atoms in total. The van der Waals surface area contributed by atoms with Crippen LogP contribution in [-0.4, -0.2) is 54.8 Å². The van der Waals surface area contributed by atoms with Gasteiger partial charge in [-0.2, -0.15) is 4.98 Å². The first-order valence-electron chi connectivity index (χ1n) is 6.21. The van der Waals surface area contributed by atoms with Crippen LogP contribution in [0.2, 0.25) is 0 Å². The molecule has 2 fully saturated rings. The number of hydrogen-bond donors (Lipinski definition) is 1. The molecule has 1 aliphatic carbocycles. The van der Waals surface area contributed by atoms with Gasteiger partial charge in [0.25, 0.3) is 5.95 Å². The van der Waals surface area contributed by atoms with Gasteiger partial charge in [0.15, 0.2) is 0 Å². The highest BCUT2D eigenvalue weighted by molar-refractivity contribution is 5.31. The number of hydrogen-bond acceptors (Lipinski definition) is 6. The predicted octanol–water partition coefficient (Wildman–Crippen LogP) is -0.188. The quantitative estimate of drug-likeness (QED) is 0.786. The lowest BCUT2D eigenvalue weighted by Crippen LogP contribution is -2.45.